The van der Waals surface area contributed by atoms with E-state index in [4.69, 9.17) is 0 Å². The first-order chi connectivity index (χ1) is 8.22. The average molecular weight is 297 g/mol. The highest BCUT2D eigenvalue weighted by molar-refractivity contribution is 9.10. The van der Waals surface area contributed by atoms with Crippen molar-refractivity contribution in [3.8, 4) is 0 Å². The quantitative estimate of drug-likeness (QED) is 0.928. The van der Waals surface area contributed by atoms with Crippen LogP contribution in [-0.4, -0.2) is 30.9 Å². The molecule has 0 spiro atoms. The van der Waals surface area contributed by atoms with E-state index in [0.717, 1.165) is 23.9 Å². The summed E-state index contributed by atoms with van der Waals surface area (Å²) in [5.41, 5.74) is 1.29. The molecule has 0 aliphatic carbocycles. The van der Waals surface area contributed by atoms with Gasteiger partial charge in [0.1, 0.15) is 0 Å². The van der Waals surface area contributed by atoms with E-state index in [0.29, 0.717) is 12.6 Å². The fourth-order valence-electron chi connectivity index (χ4n) is 2.38. The molecule has 1 N–H and O–H groups in total. The van der Waals surface area contributed by atoms with Crippen LogP contribution in [0.2, 0.25) is 0 Å². The molecular formula is C13H17BrN2O. The van der Waals surface area contributed by atoms with Crippen LogP contribution < -0.4 is 5.32 Å². The van der Waals surface area contributed by atoms with E-state index in [9.17, 15) is 4.79 Å². The molecular weight excluding hydrogens is 280 g/mol. The highest BCUT2D eigenvalue weighted by Gasteiger charge is 2.28. The topological polar surface area (TPSA) is 32.3 Å². The Bertz CT molecular complexity index is 408. The van der Waals surface area contributed by atoms with Crippen LogP contribution in [-0.2, 0) is 4.79 Å². The Labute approximate surface area is 110 Å². The molecule has 1 aliphatic rings. The summed E-state index contributed by atoms with van der Waals surface area (Å²) in [5, 5.41) is 2.69. The maximum absolute atomic E-state index is 11.5. The lowest BCUT2D eigenvalue weighted by molar-refractivity contribution is -0.122. The van der Waals surface area contributed by atoms with E-state index in [1.54, 1.807) is 7.05 Å². The van der Waals surface area contributed by atoms with Gasteiger partial charge in [0.05, 0.1) is 6.54 Å². The van der Waals surface area contributed by atoms with Crippen molar-refractivity contribution in [2.24, 2.45) is 0 Å². The van der Waals surface area contributed by atoms with E-state index >= 15 is 0 Å². The van der Waals surface area contributed by atoms with Crippen molar-refractivity contribution in [2.45, 2.75) is 18.9 Å². The summed E-state index contributed by atoms with van der Waals surface area (Å²) in [6.07, 6.45) is 2.28. The van der Waals surface area contributed by atoms with Gasteiger partial charge in [0.15, 0.2) is 0 Å². The number of halogens is 1. The third kappa shape index (κ3) is 2.87. The molecule has 1 amide bonds. The zero-order valence-electron chi connectivity index (χ0n) is 9.95. The maximum atomic E-state index is 11.5. The van der Waals surface area contributed by atoms with E-state index in [-0.39, 0.29) is 5.91 Å². The zero-order chi connectivity index (χ0) is 12.3. The highest BCUT2D eigenvalue weighted by Crippen LogP contribution is 2.35. The molecule has 92 valence electrons. The first-order valence-electron chi connectivity index (χ1n) is 5.91. The van der Waals surface area contributed by atoms with Gasteiger partial charge >= 0.3 is 0 Å². The number of likely N-dealkylation sites (tertiary alicyclic amines) is 1. The summed E-state index contributed by atoms with van der Waals surface area (Å²) in [5.74, 6) is 0.0870. The summed E-state index contributed by atoms with van der Waals surface area (Å²) in [6.45, 7) is 1.49. The van der Waals surface area contributed by atoms with Gasteiger partial charge in [-0.3, -0.25) is 9.69 Å². The third-order valence-electron chi connectivity index (χ3n) is 3.25. The molecule has 1 aromatic carbocycles. The number of benzene rings is 1. The number of rotatable bonds is 3. The fraction of sp³-hybridized carbons (Fsp3) is 0.462. The Morgan fingerprint density at radius 3 is 3.00 bits per heavy atom. The Morgan fingerprint density at radius 1 is 1.53 bits per heavy atom. The van der Waals surface area contributed by atoms with Crippen LogP contribution in [0.25, 0.3) is 0 Å². The number of carbonyl (C=O) groups excluding carboxylic acids is 1. The predicted octanol–water partition coefficient (Wildman–Crippen LogP) is 2.33. The van der Waals surface area contributed by atoms with Crippen LogP contribution in [0.15, 0.2) is 28.7 Å². The molecule has 0 radical (unpaired) electrons. The monoisotopic (exact) mass is 296 g/mol. The summed E-state index contributed by atoms with van der Waals surface area (Å²) in [7, 11) is 1.69. The molecule has 1 aliphatic heterocycles. The van der Waals surface area contributed by atoms with E-state index < -0.39 is 0 Å². The summed E-state index contributed by atoms with van der Waals surface area (Å²) in [4.78, 5) is 13.7. The number of likely N-dealkylation sites (N-methyl/N-ethyl adjacent to an activating group) is 1. The first-order valence-corrected chi connectivity index (χ1v) is 6.70. The van der Waals surface area contributed by atoms with Crippen molar-refractivity contribution >= 4 is 21.8 Å². The molecule has 1 aromatic rings. The summed E-state index contributed by atoms with van der Waals surface area (Å²) >= 11 is 3.59. The van der Waals surface area contributed by atoms with Crippen LogP contribution in [0.1, 0.15) is 24.4 Å². The number of hydrogen-bond acceptors (Lipinski definition) is 2. The van der Waals surface area contributed by atoms with Crippen molar-refractivity contribution in [2.75, 3.05) is 20.1 Å². The van der Waals surface area contributed by atoms with Gasteiger partial charge in [-0.15, -0.1) is 0 Å². The van der Waals surface area contributed by atoms with Gasteiger partial charge in [0.25, 0.3) is 0 Å². The second-order valence-electron chi connectivity index (χ2n) is 4.32. The van der Waals surface area contributed by atoms with Crippen LogP contribution in [0.5, 0.6) is 0 Å². The predicted molar refractivity (Wildman–Crippen MR) is 71.8 cm³/mol. The van der Waals surface area contributed by atoms with Gasteiger partial charge in [0, 0.05) is 17.6 Å². The number of carbonyl (C=O) groups is 1. The molecule has 4 heteroatoms. The van der Waals surface area contributed by atoms with Crippen molar-refractivity contribution in [3.05, 3.63) is 34.3 Å². The molecule has 17 heavy (non-hydrogen) atoms. The number of nitrogens with one attached hydrogen (secondary N) is 1. The van der Waals surface area contributed by atoms with E-state index in [2.05, 4.69) is 44.3 Å². The zero-order valence-corrected chi connectivity index (χ0v) is 11.5. The molecule has 3 nitrogen and oxygen atoms in total. The van der Waals surface area contributed by atoms with Gasteiger partial charge < -0.3 is 5.32 Å². The molecule has 0 aromatic heterocycles. The smallest absolute Gasteiger partial charge is 0.233 e. The standard InChI is InChI=1S/C13H17BrN2O/c1-15-13(17)9-16-8-4-7-12(16)10-5-2-3-6-11(10)14/h2-3,5-6,12H,4,7-9H2,1H3,(H,15,17). The molecule has 1 saturated heterocycles. The van der Waals surface area contributed by atoms with Crippen LogP contribution >= 0.6 is 15.9 Å². The van der Waals surface area contributed by atoms with Gasteiger partial charge in [-0.05, 0) is 31.0 Å². The van der Waals surface area contributed by atoms with Gasteiger partial charge in [-0.25, -0.2) is 0 Å². The minimum Gasteiger partial charge on any atom is -0.358 e. The first kappa shape index (κ1) is 12.6. The van der Waals surface area contributed by atoms with Crippen molar-refractivity contribution in [1.82, 2.24) is 10.2 Å². The Kier molecular flexibility index (Phi) is 4.18. The molecule has 2 rings (SSSR count). The van der Waals surface area contributed by atoms with Crippen molar-refractivity contribution in [1.29, 1.82) is 0 Å². The molecule has 0 saturated carbocycles. The van der Waals surface area contributed by atoms with E-state index in [1.165, 1.54) is 5.56 Å². The lowest BCUT2D eigenvalue weighted by atomic mass is 10.0. The van der Waals surface area contributed by atoms with Gasteiger partial charge in [0.2, 0.25) is 5.91 Å². The second-order valence-corrected chi connectivity index (χ2v) is 5.18. The molecule has 1 unspecified atom stereocenters. The largest absolute Gasteiger partial charge is 0.358 e. The minimum atomic E-state index is 0.0870. The third-order valence-corrected chi connectivity index (χ3v) is 3.98. The fourth-order valence-corrected chi connectivity index (χ4v) is 2.93. The van der Waals surface area contributed by atoms with Crippen LogP contribution in [0.4, 0.5) is 0 Å². The van der Waals surface area contributed by atoms with Gasteiger partial charge in [-0.2, -0.15) is 0 Å². The van der Waals surface area contributed by atoms with Crippen molar-refractivity contribution in [3.63, 3.8) is 0 Å². The average Bonchev–Trinajstić information content (AvgIpc) is 2.77. The van der Waals surface area contributed by atoms with Gasteiger partial charge in [-0.1, -0.05) is 34.1 Å². The number of hydrogen-bond donors (Lipinski definition) is 1. The maximum Gasteiger partial charge on any atom is 0.233 e. The molecule has 1 fully saturated rings. The van der Waals surface area contributed by atoms with Crippen LogP contribution in [0, 0.1) is 0 Å². The lowest BCUT2D eigenvalue weighted by Gasteiger charge is -2.24. The minimum absolute atomic E-state index is 0.0870. The Morgan fingerprint density at radius 2 is 2.29 bits per heavy atom. The number of amides is 1. The molecule has 0 bridgehead atoms. The van der Waals surface area contributed by atoms with E-state index in [1.807, 2.05) is 6.07 Å². The highest BCUT2D eigenvalue weighted by atomic mass is 79.9. The Balaban J connectivity index is 2.14. The molecule has 1 atom stereocenters. The Hall–Kier alpha value is -0.870. The summed E-state index contributed by atoms with van der Waals surface area (Å²) in [6, 6.07) is 8.63. The normalized spacial score (nSPS) is 20.5. The lowest BCUT2D eigenvalue weighted by Crippen LogP contribution is -2.35. The SMILES string of the molecule is CNC(=O)CN1CCCC1c1ccccc1Br. The van der Waals surface area contributed by atoms with Crippen molar-refractivity contribution < 1.29 is 4.79 Å². The van der Waals surface area contributed by atoms with Crippen LogP contribution in [0.3, 0.4) is 0 Å². The number of nitrogens with zero attached hydrogens (tertiary/aromatic N) is 1. The summed E-state index contributed by atoms with van der Waals surface area (Å²) < 4.78 is 1.13. The second kappa shape index (κ2) is 5.65. The molecule has 1 heterocycles.